The molecule has 0 spiro atoms. The van der Waals surface area contributed by atoms with Gasteiger partial charge in [-0.25, -0.2) is 0 Å². The lowest BCUT2D eigenvalue weighted by atomic mass is 10.0. The van der Waals surface area contributed by atoms with Crippen LogP contribution in [0.15, 0.2) is 48.5 Å². The smallest absolute Gasteiger partial charge is 0.231 e. The summed E-state index contributed by atoms with van der Waals surface area (Å²) in [5.74, 6) is 0.982. The van der Waals surface area contributed by atoms with Crippen molar-refractivity contribution in [2.24, 2.45) is 0 Å². The Morgan fingerprint density at radius 3 is 2.54 bits per heavy atom. The number of unbranched alkanes of at least 4 members (excludes halogenated alkanes) is 1. The molecule has 0 aliphatic carbocycles. The number of rotatable bonds is 5. The van der Waals surface area contributed by atoms with E-state index >= 15 is 0 Å². The van der Waals surface area contributed by atoms with Crippen molar-refractivity contribution in [3.63, 3.8) is 0 Å². The molecule has 3 nitrogen and oxygen atoms in total. The van der Waals surface area contributed by atoms with Crippen LogP contribution < -0.4 is 4.74 Å². The molecule has 0 radical (unpaired) electrons. The van der Waals surface area contributed by atoms with Crippen molar-refractivity contribution in [3.05, 3.63) is 65.2 Å². The fraction of sp³-hybridized carbons (Fsp3) is 0.286. The first-order chi connectivity index (χ1) is 11.7. The van der Waals surface area contributed by atoms with Gasteiger partial charge in [-0.1, -0.05) is 37.6 Å². The van der Waals surface area contributed by atoms with E-state index in [1.165, 1.54) is 0 Å². The maximum absolute atomic E-state index is 12.9. The van der Waals surface area contributed by atoms with Gasteiger partial charge in [-0.05, 0) is 53.5 Å². The highest BCUT2D eigenvalue weighted by atomic mass is 16.5. The van der Waals surface area contributed by atoms with Gasteiger partial charge in [0.15, 0.2) is 0 Å². The van der Waals surface area contributed by atoms with Crippen LogP contribution in [0.1, 0.15) is 36.5 Å². The van der Waals surface area contributed by atoms with Crippen LogP contribution in [0.25, 0.3) is 11.8 Å². The number of ether oxygens (including phenoxy) is 1. The van der Waals surface area contributed by atoms with Gasteiger partial charge in [0.25, 0.3) is 0 Å². The Bertz CT molecular complexity index is 747. The minimum Gasteiger partial charge on any atom is -0.497 e. The van der Waals surface area contributed by atoms with E-state index < -0.39 is 0 Å². The lowest BCUT2D eigenvalue weighted by molar-refractivity contribution is -0.127. The molecule has 0 atom stereocenters. The molecule has 3 rings (SSSR count). The second kappa shape index (κ2) is 7.35. The zero-order valence-corrected chi connectivity index (χ0v) is 14.3. The van der Waals surface area contributed by atoms with Gasteiger partial charge in [-0.15, -0.1) is 0 Å². The molecule has 1 aliphatic rings. The van der Waals surface area contributed by atoms with Gasteiger partial charge in [0.05, 0.1) is 19.2 Å². The average Bonchev–Trinajstić information content (AvgIpc) is 2.76. The Labute approximate surface area is 143 Å². The van der Waals surface area contributed by atoms with Crippen LogP contribution in [0.5, 0.6) is 5.75 Å². The van der Waals surface area contributed by atoms with E-state index in [1.54, 1.807) is 7.11 Å². The third-order valence-corrected chi connectivity index (χ3v) is 4.40. The van der Waals surface area contributed by atoms with E-state index in [0.717, 1.165) is 47.5 Å². The normalized spacial score (nSPS) is 14.0. The summed E-state index contributed by atoms with van der Waals surface area (Å²) in [6.07, 6.45) is 4.65. The van der Waals surface area contributed by atoms with Gasteiger partial charge < -0.3 is 9.64 Å². The van der Waals surface area contributed by atoms with Gasteiger partial charge in [0.1, 0.15) is 5.75 Å². The molecule has 2 aromatic carbocycles. The largest absolute Gasteiger partial charge is 0.497 e. The number of benzene rings is 2. The minimum absolute atomic E-state index is 0.162. The SMILES string of the molecule is CCCCN1C(=O)Cc2ccccc2C=C1c1ccc(OC)cc1. The highest BCUT2D eigenvalue weighted by molar-refractivity contribution is 5.96. The number of carbonyl (C=O) groups is 1. The Morgan fingerprint density at radius 2 is 1.83 bits per heavy atom. The van der Waals surface area contributed by atoms with E-state index in [0.29, 0.717) is 6.42 Å². The second-order valence-electron chi connectivity index (χ2n) is 6.03. The zero-order chi connectivity index (χ0) is 16.9. The van der Waals surface area contributed by atoms with Crippen LogP contribution >= 0.6 is 0 Å². The molecule has 124 valence electrons. The number of methoxy groups -OCH3 is 1. The first-order valence-corrected chi connectivity index (χ1v) is 8.47. The van der Waals surface area contributed by atoms with Gasteiger partial charge in [0.2, 0.25) is 5.91 Å². The predicted molar refractivity (Wildman–Crippen MR) is 97.6 cm³/mol. The summed E-state index contributed by atoms with van der Waals surface area (Å²) >= 11 is 0. The second-order valence-corrected chi connectivity index (χ2v) is 6.03. The number of nitrogens with zero attached hydrogens (tertiary/aromatic N) is 1. The minimum atomic E-state index is 0.162. The average molecular weight is 321 g/mol. The summed E-state index contributed by atoms with van der Waals surface area (Å²) in [6.45, 7) is 2.90. The number of fused-ring (bicyclic) bond motifs is 1. The summed E-state index contributed by atoms with van der Waals surface area (Å²) in [6, 6.07) is 16.1. The number of hydrogen-bond acceptors (Lipinski definition) is 2. The van der Waals surface area contributed by atoms with Crippen molar-refractivity contribution in [1.82, 2.24) is 4.90 Å². The summed E-state index contributed by atoms with van der Waals surface area (Å²) in [7, 11) is 1.66. The zero-order valence-electron chi connectivity index (χ0n) is 14.3. The number of amides is 1. The number of hydrogen-bond donors (Lipinski definition) is 0. The van der Waals surface area contributed by atoms with E-state index in [2.05, 4.69) is 19.1 Å². The molecule has 1 aliphatic heterocycles. The number of carbonyl (C=O) groups excluding carboxylic acids is 1. The van der Waals surface area contributed by atoms with E-state index in [4.69, 9.17) is 4.74 Å². The van der Waals surface area contributed by atoms with Crippen LogP contribution in [0.4, 0.5) is 0 Å². The molecule has 0 unspecified atom stereocenters. The molecule has 0 saturated heterocycles. The van der Waals surface area contributed by atoms with Crippen molar-refractivity contribution in [1.29, 1.82) is 0 Å². The summed E-state index contributed by atoms with van der Waals surface area (Å²) in [5, 5.41) is 0. The van der Waals surface area contributed by atoms with Crippen LogP contribution in [0.3, 0.4) is 0 Å². The first kappa shape index (κ1) is 16.3. The van der Waals surface area contributed by atoms with Gasteiger partial charge in [0, 0.05) is 6.54 Å². The summed E-state index contributed by atoms with van der Waals surface area (Å²) in [4.78, 5) is 14.8. The highest BCUT2D eigenvalue weighted by Crippen LogP contribution is 2.29. The Kier molecular flexibility index (Phi) is 4.99. The molecule has 0 N–H and O–H groups in total. The molecule has 0 aromatic heterocycles. The van der Waals surface area contributed by atoms with Crippen LogP contribution in [0, 0.1) is 0 Å². The van der Waals surface area contributed by atoms with E-state index in [-0.39, 0.29) is 5.91 Å². The third-order valence-electron chi connectivity index (χ3n) is 4.40. The van der Waals surface area contributed by atoms with Crippen molar-refractivity contribution >= 4 is 17.7 Å². The first-order valence-electron chi connectivity index (χ1n) is 8.47. The molecular formula is C21H23NO2. The van der Waals surface area contributed by atoms with Crippen molar-refractivity contribution in [3.8, 4) is 5.75 Å². The Balaban J connectivity index is 2.06. The fourth-order valence-corrected chi connectivity index (χ4v) is 3.02. The van der Waals surface area contributed by atoms with Gasteiger partial charge >= 0.3 is 0 Å². The molecular weight excluding hydrogens is 298 g/mol. The van der Waals surface area contributed by atoms with Crippen LogP contribution in [0.2, 0.25) is 0 Å². The molecule has 3 heteroatoms. The van der Waals surface area contributed by atoms with Crippen molar-refractivity contribution in [2.45, 2.75) is 26.2 Å². The maximum Gasteiger partial charge on any atom is 0.231 e. The topological polar surface area (TPSA) is 29.5 Å². The van der Waals surface area contributed by atoms with Gasteiger partial charge in [-0.2, -0.15) is 0 Å². The summed E-state index contributed by atoms with van der Waals surface area (Å²) in [5.41, 5.74) is 4.22. The van der Waals surface area contributed by atoms with Crippen molar-refractivity contribution < 1.29 is 9.53 Å². The predicted octanol–water partition coefficient (Wildman–Crippen LogP) is 4.38. The lowest BCUT2D eigenvalue weighted by Gasteiger charge is -2.24. The Hall–Kier alpha value is -2.55. The fourth-order valence-electron chi connectivity index (χ4n) is 3.02. The molecule has 1 heterocycles. The third kappa shape index (κ3) is 3.35. The lowest BCUT2D eigenvalue weighted by Crippen LogP contribution is -2.30. The molecule has 0 bridgehead atoms. The van der Waals surface area contributed by atoms with Crippen molar-refractivity contribution in [2.75, 3.05) is 13.7 Å². The highest BCUT2D eigenvalue weighted by Gasteiger charge is 2.23. The van der Waals surface area contributed by atoms with Crippen LogP contribution in [-0.4, -0.2) is 24.5 Å². The molecule has 0 fully saturated rings. The Morgan fingerprint density at radius 1 is 1.08 bits per heavy atom. The van der Waals surface area contributed by atoms with E-state index in [1.807, 2.05) is 47.4 Å². The standard InChI is InChI=1S/C21H23NO2/c1-3-4-13-22-20(16-9-11-19(24-2)12-10-16)14-17-7-5-6-8-18(17)15-21(22)23/h5-12,14H,3-4,13,15H2,1-2H3. The van der Waals surface area contributed by atoms with Gasteiger partial charge in [-0.3, -0.25) is 4.79 Å². The quantitative estimate of drug-likeness (QED) is 0.818. The summed E-state index contributed by atoms with van der Waals surface area (Å²) < 4.78 is 5.25. The van der Waals surface area contributed by atoms with Crippen LogP contribution in [-0.2, 0) is 11.2 Å². The maximum atomic E-state index is 12.9. The molecule has 2 aromatic rings. The molecule has 0 saturated carbocycles. The molecule has 1 amide bonds. The monoisotopic (exact) mass is 321 g/mol. The van der Waals surface area contributed by atoms with E-state index in [9.17, 15) is 4.79 Å². The molecule has 24 heavy (non-hydrogen) atoms.